The number of aryl methyl sites for hydroxylation is 1. The van der Waals surface area contributed by atoms with Gasteiger partial charge in [0.25, 0.3) is 0 Å². The van der Waals surface area contributed by atoms with Crippen LogP contribution in [0.3, 0.4) is 0 Å². The van der Waals surface area contributed by atoms with Crippen LogP contribution in [0, 0.1) is 0 Å². The number of fused-ring (bicyclic) bond motifs is 1. The van der Waals surface area contributed by atoms with E-state index in [-0.39, 0.29) is 5.91 Å². The first-order valence-corrected chi connectivity index (χ1v) is 6.80. The van der Waals surface area contributed by atoms with Crippen LogP contribution in [-0.2, 0) is 17.6 Å². The summed E-state index contributed by atoms with van der Waals surface area (Å²) in [6.07, 6.45) is 4.35. The average Bonchev–Trinajstić information content (AvgIpc) is 2.37. The molecule has 0 heterocycles. The molecule has 1 aliphatic rings. The second kappa shape index (κ2) is 6.01. The molecule has 0 saturated heterocycles. The lowest BCUT2D eigenvalue weighted by atomic mass is 9.87. The van der Waals surface area contributed by atoms with Crippen LogP contribution in [0.15, 0.2) is 24.3 Å². The van der Waals surface area contributed by atoms with Gasteiger partial charge in [0, 0.05) is 6.04 Å². The fourth-order valence-corrected chi connectivity index (χ4v) is 2.87. The Kier molecular flexibility index (Phi) is 4.37. The smallest absolute Gasteiger partial charge is 0.231 e. The van der Waals surface area contributed by atoms with E-state index in [1.54, 1.807) is 0 Å². The monoisotopic (exact) mass is 246 g/mol. The molecule has 0 unspecified atom stereocenters. The van der Waals surface area contributed by atoms with Crippen molar-refractivity contribution in [3.63, 3.8) is 0 Å². The van der Waals surface area contributed by atoms with Crippen molar-refractivity contribution in [2.24, 2.45) is 5.73 Å². The fourth-order valence-electron chi connectivity index (χ4n) is 2.87. The molecule has 1 aliphatic carbocycles. The second-order valence-electron chi connectivity index (χ2n) is 5.10. The molecule has 3 heteroatoms. The molecule has 2 N–H and O–H groups in total. The van der Waals surface area contributed by atoms with Crippen LogP contribution in [0.25, 0.3) is 0 Å². The van der Waals surface area contributed by atoms with Gasteiger partial charge in [-0.25, -0.2) is 0 Å². The first kappa shape index (κ1) is 13.1. The molecular weight excluding hydrogens is 224 g/mol. The van der Waals surface area contributed by atoms with Crippen molar-refractivity contribution in [3.05, 3.63) is 35.4 Å². The van der Waals surface area contributed by atoms with E-state index in [0.717, 1.165) is 32.2 Å². The number of nitrogens with zero attached hydrogens (tertiary/aromatic N) is 1. The van der Waals surface area contributed by atoms with Crippen molar-refractivity contribution in [1.82, 2.24) is 4.90 Å². The largest absolute Gasteiger partial charge is 0.369 e. The molecule has 3 nitrogen and oxygen atoms in total. The van der Waals surface area contributed by atoms with Gasteiger partial charge in [-0.1, -0.05) is 31.2 Å². The van der Waals surface area contributed by atoms with E-state index in [0.29, 0.717) is 12.6 Å². The van der Waals surface area contributed by atoms with Crippen LogP contribution in [0.4, 0.5) is 0 Å². The topological polar surface area (TPSA) is 46.3 Å². The predicted molar refractivity (Wildman–Crippen MR) is 73.3 cm³/mol. The maximum absolute atomic E-state index is 11.2. The van der Waals surface area contributed by atoms with E-state index in [9.17, 15) is 4.79 Å². The molecule has 0 fully saturated rings. The summed E-state index contributed by atoms with van der Waals surface area (Å²) in [6.45, 7) is 3.49. The molecule has 0 bridgehead atoms. The molecule has 1 aromatic rings. The molecule has 18 heavy (non-hydrogen) atoms. The standard InChI is InChI=1S/C15H22N2O/c1-2-9-17(11-15(16)18)14-8-7-12-5-3-4-6-13(12)10-14/h3-6,14H,2,7-11H2,1H3,(H2,16,18)/t14-/m1/s1. The van der Waals surface area contributed by atoms with Gasteiger partial charge >= 0.3 is 0 Å². The Morgan fingerprint density at radius 3 is 2.78 bits per heavy atom. The Balaban J connectivity index is 2.07. The van der Waals surface area contributed by atoms with Crippen molar-refractivity contribution >= 4 is 5.91 Å². The van der Waals surface area contributed by atoms with Crippen molar-refractivity contribution in [1.29, 1.82) is 0 Å². The lowest BCUT2D eigenvalue weighted by Crippen LogP contribution is -2.44. The number of primary amides is 1. The molecule has 0 saturated carbocycles. The Labute approximate surface area is 109 Å². The third-order valence-electron chi connectivity index (χ3n) is 3.71. The van der Waals surface area contributed by atoms with Crippen LogP contribution in [0.2, 0.25) is 0 Å². The van der Waals surface area contributed by atoms with Crippen LogP contribution >= 0.6 is 0 Å². The van der Waals surface area contributed by atoms with Crippen molar-refractivity contribution in [2.45, 2.75) is 38.6 Å². The second-order valence-corrected chi connectivity index (χ2v) is 5.10. The zero-order chi connectivity index (χ0) is 13.0. The summed E-state index contributed by atoms with van der Waals surface area (Å²) in [5.74, 6) is -0.220. The Hall–Kier alpha value is -1.35. The quantitative estimate of drug-likeness (QED) is 0.860. The molecule has 0 aliphatic heterocycles. The summed E-state index contributed by atoms with van der Waals surface area (Å²) < 4.78 is 0. The molecule has 98 valence electrons. The third-order valence-corrected chi connectivity index (χ3v) is 3.71. The number of hydrogen-bond donors (Lipinski definition) is 1. The highest BCUT2D eigenvalue weighted by atomic mass is 16.1. The molecule has 0 spiro atoms. The highest BCUT2D eigenvalue weighted by molar-refractivity contribution is 5.76. The molecule has 1 aromatic carbocycles. The SMILES string of the molecule is CCCN(CC(N)=O)[C@@H]1CCc2ccccc2C1. The number of hydrogen-bond acceptors (Lipinski definition) is 2. The molecule has 0 aromatic heterocycles. The van der Waals surface area contributed by atoms with Gasteiger partial charge in [-0.3, -0.25) is 9.69 Å². The number of amides is 1. The molecule has 1 amide bonds. The average molecular weight is 246 g/mol. The molecule has 2 rings (SSSR count). The third kappa shape index (κ3) is 3.10. The van der Waals surface area contributed by atoms with E-state index in [1.165, 1.54) is 11.1 Å². The minimum atomic E-state index is -0.220. The summed E-state index contributed by atoms with van der Waals surface area (Å²) in [5, 5.41) is 0. The number of nitrogens with two attached hydrogens (primary N) is 1. The molecular formula is C15H22N2O. The van der Waals surface area contributed by atoms with Crippen molar-refractivity contribution in [3.8, 4) is 0 Å². The van der Waals surface area contributed by atoms with Gasteiger partial charge < -0.3 is 5.73 Å². The zero-order valence-electron chi connectivity index (χ0n) is 11.1. The van der Waals surface area contributed by atoms with Gasteiger partial charge in [-0.15, -0.1) is 0 Å². The van der Waals surface area contributed by atoms with Crippen molar-refractivity contribution in [2.75, 3.05) is 13.1 Å². The first-order valence-electron chi connectivity index (χ1n) is 6.80. The highest BCUT2D eigenvalue weighted by Gasteiger charge is 2.24. The number of rotatable bonds is 5. The summed E-state index contributed by atoms with van der Waals surface area (Å²) in [4.78, 5) is 13.4. The van der Waals surface area contributed by atoms with Crippen molar-refractivity contribution < 1.29 is 4.79 Å². The van der Waals surface area contributed by atoms with Gasteiger partial charge in [0.2, 0.25) is 5.91 Å². The maximum atomic E-state index is 11.2. The van der Waals surface area contributed by atoms with Crippen LogP contribution < -0.4 is 5.73 Å². The minimum absolute atomic E-state index is 0.220. The molecule has 0 radical (unpaired) electrons. The van der Waals surface area contributed by atoms with Gasteiger partial charge in [-0.2, -0.15) is 0 Å². The lowest BCUT2D eigenvalue weighted by Gasteiger charge is -2.34. The maximum Gasteiger partial charge on any atom is 0.231 e. The number of benzene rings is 1. The normalized spacial score (nSPS) is 18.7. The summed E-state index contributed by atoms with van der Waals surface area (Å²) in [6, 6.07) is 9.08. The Morgan fingerprint density at radius 2 is 2.11 bits per heavy atom. The Bertz CT molecular complexity index is 417. The van der Waals surface area contributed by atoms with E-state index < -0.39 is 0 Å². The van der Waals surface area contributed by atoms with Crippen LogP contribution in [0.1, 0.15) is 30.9 Å². The van der Waals surface area contributed by atoms with E-state index >= 15 is 0 Å². The molecule has 1 atom stereocenters. The van der Waals surface area contributed by atoms with Gasteiger partial charge in [-0.05, 0) is 43.4 Å². The highest BCUT2D eigenvalue weighted by Crippen LogP contribution is 2.24. The first-order chi connectivity index (χ1) is 8.70. The van der Waals surface area contributed by atoms with Crippen LogP contribution in [0.5, 0.6) is 0 Å². The van der Waals surface area contributed by atoms with Gasteiger partial charge in [0.05, 0.1) is 6.54 Å². The minimum Gasteiger partial charge on any atom is -0.369 e. The zero-order valence-corrected chi connectivity index (χ0v) is 11.1. The summed E-state index contributed by atoms with van der Waals surface area (Å²) in [5.41, 5.74) is 8.24. The van der Waals surface area contributed by atoms with E-state index in [4.69, 9.17) is 5.73 Å². The summed E-state index contributed by atoms with van der Waals surface area (Å²) >= 11 is 0. The van der Waals surface area contributed by atoms with Gasteiger partial charge in [0.15, 0.2) is 0 Å². The fraction of sp³-hybridized carbons (Fsp3) is 0.533. The number of carbonyl (C=O) groups is 1. The van der Waals surface area contributed by atoms with Crippen LogP contribution in [-0.4, -0.2) is 29.9 Å². The lowest BCUT2D eigenvalue weighted by molar-refractivity contribution is -0.119. The van der Waals surface area contributed by atoms with Gasteiger partial charge in [0.1, 0.15) is 0 Å². The Morgan fingerprint density at radius 1 is 1.39 bits per heavy atom. The van der Waals surface area contributed by atoms with E-state index in [2.05, 4.69) is 36.1 Å². The van der Waals surface area contributed by atoms with E-state index in [1.807, 2.05) is 0 Å². The predicted octanol–water partition coefficient (Wildman–Crippen LogP) is 1.74. The number of carbonyl (C=O) groups excluding carboxylic acids is 1. The summed E-state index contributed by atoms with van der Waals surface area (Å²) in [7, 11) is 0.